The Kier molecular flexibility index (Phi) is 6.26. The van der Waals surface area contributed by atoms with Gasteiger partial charge in [-0.05, 0) is 43.5 Å². The van der Waals surface area contributed by atoms with Crippen LogP contribution in [0.2, 0.25) is 0 Å². The second-order valence-corrected chi connectivity index (χ2v) is 8.42. The molecule has 1 amide bonds. The Morgan fingerprint density at radius 1 is 1.15 bits per heavy atom. The zero-order valence-corrected chi connectivity index (χ0v) is 18.7. The van der Waals surface area contributed by atoms with Gasteiger partial charge in [0.1, 0.15) is 5.69 Å². The van der Waals surface area contributed by atoms with Crippen LogP contribution in [0.25, 0.3) is 11.4 Å². The van der Waals surface area contributed by atoms with E-state index in [1.165, 1.54) is 4.90 Å². The SMILES string of the molecule is Cc1cnc(NC[C@@H]2[C@H](C)CC(F)(F)CN2C(=O)c2nc(C)ccc2-c2ncccn2)nc1. The maximum absolute atomic E-state index is 14.6. The number of nitrogens with one attached hydrogen (secondary N) is 1. The van der Waals surface area contributed by atoms with Crippen LogP contribution in [0.1, 0.15) is 35.1 Å². The molecule has 1 N–H and O–H groups in total. The molecule has 3 aromatic heterocycles. The van der Waals surface area contributed by atoms with E-state index in [4.69, 9.17) is 0 Å². The molecule has 0 aromatic carbocycles. The van der Waals surface area contributed by atoms with Crippen LogP contribution in [0.3, 0.4) is 0 Å². The predicted molar refractivity (Wildman–Crippen MR) is 119 cm³/mol. The van der Waals surface area contributed by atoms with Gasteiger partial charge in [0.25, 0.3) is 11.8 Å². The van der Waals surface area contributed by atoms with E-state index >= 15 is 0 Å². The molecule has 33 heavy (non-hydrogen) atoms. The molecule has 1 aliphatic heterocycles. The van der Waals surface area contributed by atoms with Gasteiger partial charge < -0.3 is 10.2 Å². The predicted octanol–water partition coefficient (Wildman–Crippen LogP) is 3.54. The second kappa shape index (κ2) is 9.13. The van der Waals surface area contributed by atoms with Gasteiger partial charge in [-0.15, -0.1) is 0 Å². The standard InChI is InChI=1S/C23H25F2N7O/c1-14-10-28-22(29-11-14)30-12-18-15(2)9-23(24,25)13-32(18)21(33)19-17(6-5-16(3)31-19)20-26-7-4-8-27-20/h4-8,10-11,15,18H,9,12-13H2,1-3H3,(H,28,29,30)/t15-,18-/m1/s1. The highest BCUT2D eigenvalue weighted by molar-refractivity contribution is 5.98. The molecule has 0 bridgehead atoms. The van der Waals surface area contributed by atoms with E-state index in [9.17, 15) is 13.6 Å². The van der Waals surface area contributed by atoms with Gasteiger partial charge >= 0.3 is 0 Å². The molecule has 10 heteroatoms. The zero-order chi connectivity index (χ0) is 23.6. The Hall–Kier alpha value is -3.56. The lowest BCUT2D eigenvalue weighted by atomic mass is 9.88. The van der Waals surface area contributed by atoms with Crippen molar-refractivity contribution in [3.05, 3.63) is 59.9 Å². The number of hydrogen-bond donors (Lipinski definition) is 1. The van der Waals surface area contributed by atoms with Crippen molar-refractivity contribution in [2.75, 3.05) is 18.4 Å². The van der Waals surface area contributed by atoms with Gasteiger partial charge in [-0.2, -0.15) is 0 Å². The first-order valence-corrected chi connectivity index (χ1v) is 10.7. The van der Waals surface area contributed by atoms with E-state index in [2.05, 4.69) is 30.2 Å². The number of amides is 1. The molecular formula is C23H25F2N7O. The Bertz CT molecular complexity index is 1130. The molecule has 0 aliphatic carbocycles. The largest absolute Gasteiger partial charge is 0.352 e. The van der Waals surface area contributed by atoms with Crippen LogP contribution in [0.5, 0.6) is 0 Å². The molecule has 1 saturated heterocycles. The third-order valence-corrected chi connectivity index (χ3v) is 5.63. The van der Waals surface area contributed by atoms with Crippen LogP contribution in [-0.4, -0.2) is 60.8 Å². The summed E-state index contributed by atoms with van der Waals surface area (Å²) in [7, 11) is 0. The lowest BCUT2D eigenvalue weighted by molar-refractivity contribution is -0.0898. The zero-order valence-electron chi connectivity index (χ0n) is 18.7. The number of piperidine rings is 1. The minimum absolute atomic E-state index is 0.0580. The van der Waals surface area contributed by atoms with Crippen LogP contribution in [0.4, 0.5) is 14.7 Å². The number of nitrogens with zero attached hydrogens (tertiary/aromatic N) is 6. The fourth-order valence-corrected chi connectivity index (χ4v) is 4.03. The number of hydrogen-bond acceptors (Lipinski definition) is 7. The Labute approximate surface area is 190 Å². The summed E-state index contributed by atoms with van der Waals surface area (Å²) in [6, 6.07) is 4.59. The number of alkyl halides is 2. The number of rotatable bonds is 5. The summed E-state index contributed by atoms with van der Waals surface area (Å²) in [6.07, 6.45) is 6.14. The Morgan fingerprint density at radius 3 is 2.55 bits per heavy atom. The topological polar surface area (TPSA) is 96.8 Å². The molecular weight excluding hydrogens is 428 g/mol. The molecule has 2 atom stereocenters. The number of aromatic nitrogens is 5. The summed E-state index contributed by atoms with van der Waals surface area (Å²) in [4.78, 5) is 36.1. The van der Waals surface area contributed by atoms with Crippen molar-refractivity contribution in [3.63, 3.8) is 0 Å². The number of carbonyl (C=O) groups is 1. The van der Waals surface area contributed by atoms with Crippen molar-refractivity contribution >= 4 is 11.9 Å². The monoisotopic (exact) mass is 453 g/mol. The van der Waals surface area contributed by atoms with E-state index in [1.807, 2.05) is 6.92 Å². The van der Waals surface area contributed by atoms with Crippen LogP contribution < -0.4 is 5.32 Å². The summed E-state index contributed by atoms with van der Waals surface area (Å²) in [5, 5.41) is 3.09. The highest BCUT2D eigenvalue weighted by Gasteiger charge is 2.46. The van der Waals surface area contributed by atoms with E-state index in [1.54, 1.807) is 56.8 Å². The normalized spacial score (nSPS) is 19.8. The summed E-state index contributed by atoms with van der Waals surface area (Å²) >= 11 is 0. The van der Waals surface area contributed by atoms with Crippen LogP contribution in [0.15, 0.2) is 43.0 Å². The fraction of sp³-hybridized carbons (Fsp3) is 0.391. The number of likely N-dealkylation sites (tertiary alicyclic amines) is 1. The van der Waals surface area contributed by atoms with E-state index in [-0.39, 0.29) is 18.7 Å². The summed E-state index contributed by atoms with van der Waals surface area (Å²) in [5.41, 5.74) is 1.96. The van der Waals surface area contributed by atoms with Crippen molar-refractivity contribution in [1.29, 1.82) is 0 Å². The van der Waals surface area contributed by atoms with E-state index < -0.39 is 30.3 Å². The van der Waals surface area contributed by atoms with Crippen LogP contribution in [0, 0.1) is 19.8 Å². The van der Waals surface area contributed by atoms with Crippen LogP contribution >= 0.6 is 0 Å². The maximum atomic E-state index is 14.6. The van der Waals surface area contributed by atoms with Crippen molar-refractivity contribution in [2.24, 2.45) is 5.92 Å². The first kappa shape index (κ1) is 22.6. The molecule has 1 aliphatic rings. The lowest BCUT2D eigenvalue weighted by Crippen LogP contribution is -2.57. The lowest BCUT2D eigenvalue weighted by Gasteiger charge is -2.43. The summed E-state index contributed by atoms with van der Waals surface area (Å²) in [5.74, 6) is -3.35. The van der Waals surface area contributed by atoms with Gasteiger partial charge in [0.2, 0.25) is 5.95 Å². The molecule has 4 heterocycles. The number of aryl methyl sites for hydroxylation is 2. The molecule has 8 nitrogen and oxygen atoms in total. The van der Waals surface area contributed by atoms with E-state index in [0.29, 0.717) is 23.0 Å². The van der Waals surface area contributed by atoms with Gasteiger partial charge in [0.15, 0.2) is 5.82 Å². The number of pyridine rings is 1. The van der Waals surface area contributed by atoms with Gasteiger partial charge in [0.05, 0.1) is 18.2 Å². The molecule has 0 radical (unpaired) electrons. The molecule has 172 valence electrons. The maximum Gasteiger partial charge on any atom is 0.273 e. The molecule has 1 fully saturated rings. The van der Waals surface area contributed by atoms with Crippen molar-refractivity contribution < 1.29 is 13.6 Å². The Balaban J connectivity index is 1.67. The molecule has 3 aromatic rings. The highest BCUT2D eigenvalue weighted by atomic mass is 19.3. The first-order chi connectivity index (χ1) is 15.7. The van der Waals surface area contributed by atoms with Crippen LogP contribution in [-0.2, 0) is 0 Å². The fourth-order valence-electron chi connectivity index (χ4n) is 4.03. The van der Waals surface area contributed by atoms with Crippen molar-refractivity contribution in [1.82, 2.24) is 29.8 Å². The summed E-state index contributed by atoms with van der Waals surface area (Å²) in [6.45, 7) is 4.88. The number of halogens is 2. The summed E-state index contributed by atoms with van der Waals surface area (Å²) < 4.78 is 29.2. The Morgan fingerprint density at radius 2 is 1.85 bits per heavy atom. The number of carbonyl (C=O) groups excluding carboxylic acids is 1. The third kappa shape index (κ3) is 5.10. The minimum Gasteiger partial charge on any atom is -0.352 e. The average Bonchev–Trinajstić information content (AvgIpc) is 2.79. The van der Waals surface area contributed by atoms with Crippen molar-refractivity contribution in [3.8, 4) is 11.4 Å². The highest BCUT2D eigenvalue weighted by Crippen LogP contribution is 2.36. The van der Waals surface area contributed by atoms with Gasteiger partial charge in [-0.1, -0.05) is 6.92 Å². The molecule has 4 rings (SSSR count). The molecule has 0 spiro atoms. The minimum atomic E-state index is -3.00. The van der Waals surface area contributed by atoms with Gasteiger partial charge in [-0.3, -0.25) is 4.79 Å². The van der Waals surface area contributed by atoms with E-state index in [0.717, 1.165) is 5.56 Å². The molecule has 0 unspecified atom stereocenters. The number of anilines is 1. The smallest absolute Gasteiger partial charge is 0.273 e. The average molecular weight is 453 g/mol. The third-order valence-electron chi connectivity index (χ3n) is 5.63. The molecule has 0 saturated carbocycles. The first-order valence-electron chi connectivity index (χ1n) is 10.7. The van der Waals surface area contributed by atoms with Gasteiger partial charge in [0, 0.05) is 43.4 Å². The quantitative estimate of drug-likeness (QED) is 0.631. The van der Waals surface area contributed by atoms with Gasteiger partial charge in [-0.25, -0.2) is 33.7 Å². The van der Waals surface area contributed by atoms with Crippen molar-refractivity contribution in [2.45, 2.75) is 39.2 Å². The second-order valence-electron chi connectivity index (χ2n) is 8.42.